The summed E-state index contributed by atoms with van der Waals surface area (Å²) in [4.78, 5) is 12.0. The maximum atomic E-state index is 13.7. The molecule has 0 saturated carbocycles. The minimum absolute atomic E-state index is 0.0940. The number of nitrogens with one attached hydrogen (secondary N) is 1. The topological polar surface area (TPSA) is 29.1 Å². The van der Waals surface area contributed by atoms with Crippen LogP contribution in [-0.2, 0) is 12.4 Å². The summed E-state index contributed by atoms with van der Waals surface area (Å²) >= 11 is 0. The van der Waals surface area contributed by atoms with Crippen molar-refractivity contribution in [3.63, 3.8) is 0 Å². The van der Waals surface area contributed by atoms with Crippen molar-refractivity contribution in [1.29, 1.82) is 0 Å². The van der Waals surface area contributed by atoms with Crippen molar-refractivity contribution < 1.29 is 35.5 Å². The fraction of sp³-hybridized carbons (Fsp3) is 0.188. The van der Waals surface area contributed by atoms with Gasteiger partial charge in [-0.3, -0.25) is 4.79 Å². The van der Waals surface area contributed by atoms with Crippen LogP contribution in [0.15, 0.2) is 36.4 Å². The van der Waals surface area contributed by atoms with Crippen LogP contribution in [0, 0.1) is 12.7 Å². The molecule has 0 aromatic heterocycles. The lowest BCUT2D eigenvalue weighted by molar-refractivity contribution is -0.143. The number of carbonyl (C=O) groups excluding carboxylic acids is 1. The van der Waals surface area contributed by atoms with Gasteiger partial charge in [0.1, 0.15) is 5.82 Å². The molecule has 0 aliphatic rings. The molecule has 0 saturated heterocycles. The molecule has 1 amide bonds. The lowest BCUT2D eigenvalue weighted by atomic mass is 10.0. The van der Waals surface area contributed by atoms with Crippen molar-refractivity contribution in [3.8, 4) is 0 Å². The van der Waals surface area contributed by atoms with Gasteiger partial charge in [-0.1, -0.05) is 6.07 Å². The zero-order chi connectivity index (χ0) is 19.0. The van der Waals surface area contributed by atoms with E-state index in [-0.39, 0.29) is 23.9 Å². The number of rotatable bonds is 2. The Kier molecular flexibility index (Phi) is 4.79. The Labute approximate surface area is 137 Å². The van der Waals surface area contributed by atoms with Crippen LogP contribution >= 0.6 is 0 Å². The zero-order valence-corrected chi connectivity index (χ0v) is 12.5. The summed E-state index contributed by atoms with van der Waals surface area (Å²) in [7, 11) is 0. The first-order chi connectivity index (χ1) is 11.4. The number of halogens is 7. The molecule has 0 aliphatic heterocycles. The Morgan fingerprint density at radius 3 is 1.84 bits per heavy atom. The number of carbonyl (C=O) groups is 1. The van der Waals surface area contributed by atoms with Crippen LogP contribution in [-0.4, -0.2) is 5.91 Å². The molecular weight excluding hydrogens is 355 g/mol. The molecule has 0 fully saturated rings. The number of hydrogen-bond donors (Lipinski definition) is 1. The van der Waals surface area contributed by atoms with Crippen LogP contribution < -0.4 is 5.32 Å². The van der Waals surface area contributed by atoms with E-state index in [0.29, 0.717) is 5.56 Å². The monoisotopic (exact) mass is 365 g/mol. The van der Waals surface area contributed by atoms with Crippen molar-refractivity contribution in [2.24, 2.45) is 0 Å². The van der Waals surface area contributed by atoms with Crippen molar-refractivity contribution in [2.45, 2.75) is 19.3 Å². The predicted octanol–water partition coefficient (Wildman–Crippen LogP) is 5.42. The molecular formula is C16H10F7NO. The van der Waals surface area contributed by atoms with E-state index in [4.69, 9.17) is 0 Å². The van der Waals surface area contributed by atoms with Gasteiger partial charge in [0, 0.05) is 5.56 Å². The molecule has 25 heavy (non-hydrogen) atoms. The molecule has 2 aromatic carbocycles. The van der Waals surface area contributed by atoms with Gasteiger partial charge in [-0.05, 0) is 42.8 Å². The summed E-state index contributed by atoms with van der Waals surface area (Å²) in [5.41, 5.74) is -3.98. The summed E-state index contributed by atoms with van der Waals surface area (Å²) in [6, 6.07) is 4.09. The zero-order valence-electron chi connectivity index (χ0n) is 12.5. The van der Waals surface area contributed by atoms with E-state index in [1.54, 1.807) is 6.92 Å². The van der Waals surface area contributed by atoms with Gasteiger partial charge in [0.05, 0.1) is 16.8 Å². The maximum Gasteiger partial charge on any atom is 0.416 e. The SMILES string of the molecule is Cc1ccc(NC(=O)c2cc(C(F)(F)F)cc(C(F)(F)F)c2)c(F)c1. The molecule has 0 aliphatic carbocycles. The molecule has 0 bridgehead atoms. The summed E-state index contributed by atoms with van der Waals surface area (Å²) in [5.74, 6) is -2.16. The Morgan fingerprint density at radius 2 is 1.40 bits per heavy atom. The van der Waals surface area contributed by atoms with Crippen molar-refractivity contribution in [1.82, 2.24) is 0 Å². The summed E-state index contributed by atoms with van der Waals surface area (Å²) in [6.45, 7) is 1.57. The highest BCUT2D eigenvalue weighted by Gasteiger charge is 2.37. The second kappa shape index (κ2) is 6.38. The smallest absolute Gasteiger partial charge is 0.319 e. The predicted molar refractivity (Wildman–Crippen MR) is 75.5 cm³/mol. The van der Waals surface area contributed by atoms with Crippen molar-refractivity contribution >= 4 is 11.6 Å². The van der Waals surface area contributed by atoms with Gasteiger partial charge in [-0.25, -0.2) is 4.39 Å². The van der Waals surface area contributed by atoms with Crippen LogP contribution in [0.1, 0.15) is 27.0 Å². The van der Waals surface area contributed by atoms with Gasteiger partial charge in [-0.15, -0.1) is 0 Å². The van der Waals surface area contributed by atoms with Crippen LogP contribution in [0.25, 0.3) is 0 Å². The van der Waals surface area contributed by atoms with Gasteiger partial charge in [-0.2, -0.15) is 26.3 Å². The highest BCUT2D eigenvalue weighted by molar-refractivity contribution is 6.04. The van der Waals surface area contributed by atoms with E-state index in [9.17, 15) is 35.5 Å². The Morgan fingerprint density at radius 1 is 0.880 bits per heavy atom. The third-order valence-electron chi connectivity index (χ3n) is 3.22. The minimum Gasteiger partial charge on any atom is -0.319 e. The molecule has 0 radical (unpaired) electrons. The number of amides is 1. The highest BCUT2D eigenvalue weighted by Crippen LogP contribution is 2.36. The summed E-state index contributed by atoms with van der Waals surface area (Å²) in [6.07, 6.45) is -10.2. The number of anilines is 1. The van der Waals surface area contributed by atoms with E-state index in [1.807, 2.05) is 5.32 Å². The fourth-order valence-corrected chi connectivity index (χ4v) is 2.00. The van der Waals surface area contributed by atoms with E-state index in [2.05, 4.69) is 0 Å². The molecule has 2 nitrogen and oxygen atoms in total. The molecule has 0 atom stereocenters. The summed E-state index contributed by atoms with van der Waals surface area (Å²) in [5, 5.41) is 1.96. The molecule has 0 heterocycles. The molecule has 134 valence electrons. The Bertz CT molecular complexity index is 777. The Hall–Kier alpha value is -2.58. The summed E-state index contributed by atoms with van der Waals surface area (Å²) < 4.78 is 90.3. The third-order valence-corrected chi connectivity index (χ3v) is 3.22. The normalized spacial score (nSPS) is 12.2. The lowest BCUT2D eigenvalue weighted by Crippen LogP contribution is -2.17. The van der Waals surface area contributed by atoms with E-state index < -0.39 is 40.8 Å². The van der Waals surface area contributed by atoms with Crippen LogP contribution in [0.3, 0.4) is 0 Å². The lowest BCUT2D eigenvalue weighted by Gasteiger charge is -2.14. The van der Waals surface area contributed by atoms with Gasteiger partial charge in [0.25, 0.3) is 5.91 Å². The number of aryl methyl sites for hydroxylation is 1. The van der Waals surface area contributed by atoms with Gasteiger partial charge in [0.15, 0.2) is 0 Å². The second-order valence-electron chi connectivity index (χ2n) is 5.23. The van der Waals surface area contributed by atoms with E-state index in [0.717, 1.165) is 12.1 Å². The quantitative estimate of drug-likeness (QED) is 0.707. The first-order valence-electron chi connectivity index (χ1n) is 6.75. The standard InChI is InChI=1S/C16H10F7NO/c1-8-2-3-13(12(17)4-8)24-14(25)9-5-10(15(18,19)20)7-11(6-9)16(21,22)23/h2-7H,1H3,(H,24,25). The van der Waals surface area contributed by atoms with Gasteiger partial charge >= 0.3 is 12.4 Å². The maximum absolute atomic E-state index is 13.7. The van der Waals surface area contributed by atoms with Crippen LogP contribution in [0.5, 0.6) is 0 Å². The second-order valence-corrected chi connectivity index (χ2v) is 5.23. The molecule has 2 rings (SSSR count). The largest absolute Gasteiger partial charge is 0.416 e. The van der Waals surface area contributed by atoms with Gasteiger partial charge in [0.2, 0.25) is 0 Å². The van der Waals surface area contributed by atoms with E-state index >= 15 is 0 Å². The molecule has 2 aromatic rings. The average Bonchev–Trinajstić information content (AvgIpc) is 2.47. The Balaban J connectivity index is 2.44. The number of benzene rings is 2. The van der Waals surface area contributed by atoms with E-state index in [1.165, 1.54) is 6.07 Å². The minimum atomic E-state index is -5.08. The van der Waals surface area contributed by atoms with Crippen molar-refractivity contribution in [2.75, 3.05) is 5.32 Å². The third kappa shape index (κ3) is 4.49. The first kappa shape index (κ1) is 18.8. The number of alkyl halides is 6. The molecule has 1 N–H and O–H groups in total. The highest BCUT2D eigenvalue weighted by atomic mass is 19.4. The van der Waals surface area contributed by atoms with Crippen LogP contribution in [0.2, 0.25) is 0 Å². The molecule has 0 unspecified atom stereocenters. The van der Waals surface area contributed by atoms with Gasteiger partial charge < -0.3 is 5.32 Å². The molecule has 0 spiro atoms. The van der Waals surface area contributed by atoms with Crippen molar-refractivity contribution in [3.05, 3.63) is 64.5 Å². The van der Waals surface area contributed by atoms with Crippen LogP contribution in [0.4, 0.5) is 36.4 Å². The fourth-order valence-electron chi connectivity index (χ4n) is 2.00. The first-order valence-corrected chi connectivity index (χ1v) is 6.75. The average molecular weight is 365 g/mol. The number of hydrogen-bond acceptors (Lipinski definition) is 1. The molecule has 9 heteroatoms.